The van der Waals surface area contributed by atoms with Crippen LogP contribution in [0.1, 0.15) is 61.7 Å². The number of hydrogen-bond acceptors (Lipinski definition) is 2. The molecule has 26 heavy (non-hydrogen) atoms. The molecule has 6 heteroatoms. The first-order valence-electron chi connectivity index (χ1n) is 9.75. The molecule has 3 amide bonds. The minimum absolute atomic E-state index is 0.0700. The summed E-state index contributed by atoms with van der Waals surface area (Å²) in [6.45, 7) is 0. The molecule has 4 rings (SSSR count). The fraction of sp³-hybridized carbons (Fsp3) is 0.600. The number of amides is 3. The lowest BCUT2D eigenvalue weighted by Gasteiger charge is -2.39. The second kappa shape index (κ2) is 7.25. The third kappa shape index (κ3) is 3.55. The Bertz CT molecular complexity index is 658. The molecule has 2 N–H and O–H groups in total. The van der Waals surface area contributed by atoms with Crippen molar-refractivity contribution in [2.75, 3.05) is 0 Å². The van der Waals surface area contributed by atoms with Gasteiger partial charge in [0.05, 0.1) is 0 Å². The Morgan fingerprint density at radius 1 is 0.885 bits per heavy atom. The second-order valence-corrected chi connectivity index (χ2v) is 7.87. The van der Waals surface area contributed by atoms with Crippen LogP contribution >= 0.6 is 0 Å². The second-order valence-electron chi connectivity index (χ2n) is 7.87. The van der Waals surface area contributed by atoms with Crippen LogP contribution in [0.15, 0.2) is 24.3 Å². The van der Waals surface area contributed by atoms with E-state index in [2.05, 4.69) is 10.6 Å². The van der Waals surface area contributed by atoms with E-state index in [0.717, 1.165) is 38.5 Å². The van der Waals surface area contributed by atoms with E-state index in [9.17, 15) is 14.0 Å². The molecule has 2 atom stereocenters. The Kier molecular flexibility index (Phi) is 4.83. The number of benzene rings is 1. The largest absolute Gasteiger partial charge is 0.349 e. The molecule has 3 fully saturated rings. The lowest BCUT2D eigenvalue weighted by Crippen LogP contribution is -2.56. The SMILES string of the molecule is O=C(NC1CC2CCC(C1)N2C(=O)NC1CCCC1)c1ccc(F)cc1. The molecule has 3 aliphatic rings. The van der Waals surface area contributed by atoms with Crippen LogP contribution in [0.25, 0.3) is 0 Å². The molecule has 140 valence electrons. The molecular weight excluding hydrogens is 333 g/mol. The average molecular weight is 359 g/mol. The van der Waals surface area contributed by atoms with Gasteiger partial charge in [-0.2, -0.15) is 0 Å². The highest BCUT2D eigenvalue weighted by Gasteiger charge is 2.44. The van der Waals surface area contributed by atoms with Gasteiger partial charge in [-0.05, 0) is 62.8 Å². The molecule has 1 aromatic carbocycles. The summed E-state index contributed by atoms with van der Waals surface area (Å²) in [6, 6.07) is 6.49. The molecule has 1 saturated carbocycles. The van der Waals surface area contributed by atoms with Gasteiger partial charge in [0, 0.05) is 29.7 Å². The molecule has 2 saturated heterocycles. The molecule has 0 radical (unpaired) electrons. The lowest BCUT2D eigenvalue weighted by atomic mass is 9.97. The van der Waals surface area contributed by atoms with Crippen molar-refractivity contribution in [2.24, 2.45) is 0 Å². The quantitative estimate of drug-likeness (QED) is 0.871. The van der Waals surface area contributed by atoms with Crippen LogP contribution < -0.4 is 10.6 Å². The van der Waals surface area contributed by atoms with E-state index in [1.54, 1.807) is 0 Å². The third-order valence-electron chi connectivity index (χ3n) is 6.09. The van der Waals surface area contributed by atoms with Crippen LogP contribution in [0.2, 0.25) is 0 Å². The number of nitrogens with one attached hydrogen (secondary N) is 2. The Balaban J connectivity index is 1.34. The van der Waals surface area contributed by atoms with Crippen molar-refractivity contribution in [3.05, 3.63) is 35.6 Å². The van der Waals surface area contributed by atoms with Gasteiger partial charge in [0.1, 0.15) is 5.82 Å². The highest BCUT2D eigenvalue weighted by atomic mass is 19.1. The molecule has 2 unspecified atom stereocenters. The number of carbonyl (C=O) groups is 2. The van der Waals surface area contributed by atoms with Crippen LogP contribution in [-0.4, -0.2) is 41.0 Å². The van der Waals surface area contributed by atoms with E-state index < -0.39 is 0 Å². The molecule has 1 aliphatic carbocycles. The smallest absolute Gasteiger partial charge is 0.318 e. The van der Waals surface area contributed by atoms with E-state index >= 15 is 0 Å². The minimum Gasteiger partial charge on any atom is -0.349 e. The Morgan fingerprint density at radius 3 is 2.12 bits per heavy atom. The third-order valence-corrected chi connectivity index (χ3v) is 6.09. The van der Waals surface area contributed by atoms with Gasteiger partial charge < -0.3 is 15.5 Å². The molecule has 2 aliphatic heterocycles. The van der Waals surface area contributed by atoms with Gasteiger partial charge in [0.15, 0.2) is 0 Å². The van der Waals surface area contributed by atoms with Crippen molar-refractivity contribution in [1.29, 1.82) is 0 Å². The zero-order chi connectivity index (χ0) is 18.1. The summed E-state index contributed by atoms with van der Waals surface area (Å²) in [4.78, 5) is 27.1. The standard InChI is InChI=1S/C20H26FN3O2/c21-14-7-5-13(6-8-14)19(25)22-16-11-17-9-10-18(12-16)24(17)20(26)23-15-3-1-2-4-15/h5-8,15-18H,1-4,9-12H2,(H,22,25)(H,23,26). The van der Waals surface area contributed by atoms with E-state index in [0.29, 0.717) is 11.6 Å². The zero-order valence-corrected chi connectivity index (χ0v) is 14.9. The summed E-state index contributed by atoms with van der Waals surface area (Å²) < 4.78 is 13.0. The summed E-state index contributed by atoms with van der Waals surface area (Å²) in [5, 5.41) is 6.27. The molecule has 1 aromatic rings. The van der Waals surface area contributed by atoms with Gasteiger partial charge in [0.25, 0.3) is 5.91 Å². The number of rotatable bonds is 3. The summed E-state index contributed by atoms with van der Waals surface area (Å²) in [5.74, 6) is -0.514. The molecule has 2 heterocycles. The fourth-order valence-corrected chi connectivity index (χ4v) is 4.82. The summed E-state index contributed by atoms with van der Waals surface area (Å²) >= 11 is 0. The van der Waals surface area contributed by atoms with E-state index in [4.69, 9.17) is 0 Å². The first kappa shape index (κ1) is 17.3. The zero-order valence-electron chi connectivity index (χ0n) is 14.9. The monoisotopic (exact) mass is 359 g/mol. The van der Waals surface area contributed by atoms with Crippen molar-refractivity contribution in [2.45, 2.75) is 75.5 Å². The summed E-state index contributed by atoms with van der Waals surface area (Å²) in [5.41, 5.74) is 0.472. The summed E-state index contributed by atoms with van der Waals surface area (Å²) in [6.07, 6.45) is 8.18. The van der Waals surface area contributed by atoms with Gasteiger partial charge in [-0.25, -0.2) is 9.18 Å². The van der Waals surface area contributed by atoms with Gasteiger partial charge in [-0.1, -0.05) is 12.8 Å². The normalized spacial score (nSPS) is 28.2. The molecule has 2 bridgehead atoms. The van der Waals surface area contributed by atoms with E-state index in [1.807, 2.05) is 4.90 Å². The minimum atomic E-state index is -0.346. The van der Waals surface area contributed by atoms with Crippen molar-refractivity contribution < 1.29 is 14.0 Å². The van der Waals surface area contributed by atoms with Crippen LogP contribution in [-0.2, 0) is 0 Å². The average Bonchev–Trinajstić information content (AvgIpc) is 3.21. The number of piperidine rings is 1. The van der Waals surface area contributed by atoms with Crippen LogP contribution in [0.5, 0.6) is 0 Å². The number of carbonyl (C=O) groups excluding carboxylic acids is 2. The topological polar surface area (TPSA) is 61.4 Å². The highest BCUT2D eigenvalue weighted by Crippen LogP contribution is 2.36. The van der Waals surface area contributed by atoms with Crippen LogP contribution in [0.4, 0.5) is 9.18 Å². The Labute approximate surface area is 153 Å². The number of urea groups is 1. The van der Waals surface area contributed by atoms with Gasteiger partial charge in [-0.3, -0.25) is 4.79 Å². The predicted molar refractivity (Wildman–Crippen MR) is 96.3 cm³/mol. The first-order valence-corrected chi connectivity index (χ1v) is 9.75. The molecule has 0 aromatic heterocycles. The Morgan fingerprint density at radius 2 is 1.50 bits per heavy atom. The number of fused-ring (bicyclic) bond motifs is 2. The lowest BCUT2D eigenvalue weighted by molar-refractivity contribution is 0.0883. The van der Waals surface area contributed by atoms with Crippen molar-refractivity contribution in [3.8, 4) is 0 Å². The Hall–Kier alpha value is -2.11. The van der Waals surface area contributed by atoms with Crippen LogP contribution in [0.3, 0.4) is 0 Å². The van der Waals surface area contributed by atoms with E-state index in [1.165, 1.54) is 37.1 Å². The maximum atomic E-state index is 13.0. The number of hydrogen-bond donors (Lipinski definition) is 2. The molecular formula is C20H26FN3O2. The fourth-order valence-electron chi connectivity index (χ4n) is 4.82. The van der Waals surface area contributed by atoms with Crippen molar-refractivity contribution in [3.63, 3.8) is 0 Å². The van der Waals surface area contributed by atoms with Crippen molar-refractivity contribution >= 4 is 11.9 Å². The van der Waals surface area contributed by atoms with Gasteiger partial charge in [-0.15, -0.1) is 0 Å². The van der Waals surface area contributed by atoms with Gasteiger partial charge in [0.2, 0.25) is 0 Å². The maximum Gasteiger partial charge on any atom is 0.318 e. The molecule has 5 nitrogen and oxygen atoms in total. The maximum absolute atomic E-state index is 13.0. The number of nitrogens with zero attached hydrogens (tertiary/aromatic N) is 1. The predicted octanol–water partition coefficient (Wildman–Crippen LogP) is 3.20. The van der Waals surface area contributed by atoms with Crippen LogP contribution in [0, 0.1) is 5.82 Å². The molecule has 0 spiro atoms. The number of halogens is 1. The first-order chi connectivity index (χ1) is 12.6. The summed E-state index contributed by atoms with van der Waals surface area (Å²) in [7, 11) is 0. The van der Waals surface area contributed by atoms with Crippen molar-refractivity contribution in [1.82, 2.24) is 15.5 Å². The highest BCUT2D eigenvalue weighted by molar-refractivity contribution is 5.94. The van der Waals surface area contributed by atoms with E-state index in [-0.39, 0.29) is 35.9 Å². The van der Waals surface area contributed by atoms with Gasteiger partial charge >= 0.3 is 6.03 Å².